The highest BCUT2D eigenvalue weighted by Gasteiger charge is 2.28. The van der Waals surface area contributed by atoms with E-state index in [4.69, 9.17) is 4.42 Å². The summed E-state index contributed by atoms with van der Waals surface area (Å²) in [6.45, 7) is 2.55. The Bertz CT molecular complexity index is 2640. The van der Waals surface area contributed by atoms with Gasteiger partial charge in [-0.1, -0.05) is 72.8 Å². The van der Waals surface area contributed by atoms with Gasteiger partial charge >= 0.3 is 12.9 Å². The van der Waals surface area contributed by atoms with Gasteiger partial charge < -0.3 is 19.5 Å². The fourth-order valence-corrected chi connectivity index (χ4v) is 10.7. The third-order valence-corrected chi connectivity index (χ3v) is 15.0. The number of Topliss-reactive ketones (excluding diaryl/α,β-unsaturated/α-hetero) is 1. The minimum atomic E-state index is -3.70. The molecule has 22 heteroatoms. The number of halogens is 6. The molecule has 0 saturated carbocycles. The van der Waals surface area contributed by atoms with Crippen molar-refractivity contribution in [3.8, 4) is 11.5 Å². The van der Waals surface area contributed by atoms with Crippen LogP contribution >= 0.6 is 0 Å². The summed E-state index contributed by atoms with van der Waals surface area (Å²) in [4.78, 5) is 27.0. The van der Waals surface area contributed by atoms with Crippen LogP contribution in [0.25, 0.3) is 11.5 Å². The first-order valence-corrected chi connectivity index (χ1v) is 25.4. The first-order chi connectivity index (χ1) is 33.0. The van der Waals surface area contributed by atoms with E-state index in [0.29, 0.717) is 93.0 Å². The number of rotatable bonds is 22. The number of likely N-dealkylation sites (tertiary alicyclic amines) is 2. The summed E-state index contributed by atoms with van der Waals surface area (Å²) in [5.41, 5.74) is 3.00. The van der Waals surface area contributed by atoms with Crippen LogP contribution in [0.2, 0.25) is 0 Å². The van der Waals surface area contributed by atoms with Gasteiger partial charge in [0.1, 0.15) is 12.3 Å². The summed E-state index contributed by atoms with van der Waals surface area (Å²) in [5.74, 6) is -3.02. The number of ketones is 1. The van der Waals surface area contributed by atoms with Crippen molar-refractivity contribution in [2.24, 2.45) is 0 Å². The van der Waals surface area contributed by atoms with Gasteiger partial charge in [-0.3, -0.25) is 18.2 Å². The zero-order chi connectivity index (χ0) is 49.6. The Morgan fingerprint density at radius 1 is 0.667 bits per heavy atom. The normalized spacial score (nSPS) is 16.6. The Morgan fingerprint density at radius 3 is 1.54 bits per heavy atom. The molecule has 0 unspecified atom stereocenters. The highest BCUT2D eigenvalue weighted by molar-refractivity contribution is 7.93. The average Bonchev–Trinajstić information content (AvgIpc) is 4.11. The molecular formula is C47H53F6N7O7S2. The number of hydrogen-bond donors (Lipinski definition) is 1. The number of nitrogens with one attached hydrogen (secondary N) is 1. The van der Waals surface area contributed by atoms with E-state index < -0.39 is 69.4 Å². The monoisotopic (exact) mass is 1010 g/mol. The Kier molecular flexibility index (Phi) is 18.8. The van der Waals surface area contributed by atoms with Gasteiger partial charge in [0.2, 0.25) is 25.9 Å². The van der Waals surface area contributed by atoms with Crippen LogP contribution in [0.3, 0.4) is 0 Å². The molecule has 0 spiro atoms. The molecule has 3 heterocycles. The fourth-order valence-electron chi connectivity index (χ4n) is 7.69. The quantitative estimate of drug-likeness (QED) is 0.0540. The number of nitrogens with zero attached hydrogens (tertiary/aromatic N) is 6. The van der Waals surface area contributed by atoms with E-state index in [-0.39, 0.29) is 36.0 Å². The largest absolute Gasteiger partial charge is 0.415 e. The lowest BCUT2D eigenvalue weighted by molar-refractivity contribution is -0.131. The second-order valence-corrected chi connectivity index (χ2v) is 20.5. The molecule has 2 saturated heterocycles. The molecule has 2 atom stereocenters. The molecule has 1 aromatic heterocycles. The molecule has 0 aliphatic carbocycles. The molecule has 2 fully saturated rings. The maximum absolute atomic E-state index is 13.4. The summed E-state index contributed by atoms with van der Waals surface area (Å²) < 4.78 is 137. The molecule has 5 aromatic rings. The van der Waals surface area contributed by atoms with Crippen LogP contribution in [0.4, 0.5) is 37.7 Å². The molecule has 4 aromatic carbocycles. The van der Waals surface area contributed by atoms with Crippen LogP contribution in [0.1, 0.15) is 59.5 Å². The molecule has 372 valence electrons. The number of amides is 1. The van der Waals surface area contributed by atoms with Gasteiger partial charge in [-0.25, -0.2) is 25.6 Å². The van der Waals surface area contributed by atoms with Crippen LogP contribution in [-0.2, 0) is 37.9 Å². The van der Waals surface area contributed by atoms with Crippen molar-refractivity contribution >= 4 is 43.1 Å². The molecule has 7 rings (SSSR count). The van der Waals surface area contributed by atoms with Gasteiger partial charge in [-0.2, -0.15) is 17.6 Å². The van der Waals surface area contributed by atoms with Gasteiger partial charge in [-0.15, -0.1) is 10.2 Å². The van der Waals surface area contributed by atoms with E-state index in [9.17, 15) is 52.8 Å². The third kappa shape index (κ3) is 15.6. The predicted octanol–water partition coefficient (Wildman–Crippen LogP) is 7.47. The van der Waals surface area contributed by atoms with Crippen LogP contribution in [-0.4, -0.2) is 125 Å². The summed E-state index contributed by atoms with van der Waals surface area (Å²) in [6, 6.07) is 30.1. The van der Waals surface area contributed by atoms with Crippen LogP contribution in [0, 0.1) is 0 Å². The number of carbonyl (C=O) groups excluding carboxylic acids is 2. The van der Waals surface area contributed by atoms with Crippen LogP contribution in [0.5, 0.6) is 0 Å². The highest BCUT2D eigenvalue weighted by Crippen LogP contribution is 2.27. The molecule has 2 aliphatic heterocycles. The van der Waals surface area contributed by atoms with Crippen molar-refractivity contribution in [3.63, 3.8) is 0 Å². The maximum Gasteiger partial charge on any atom is 0.315 e. The van der Waals surface area contributed by atoms with E-state index in [1.54, 1.807) is 91.0 Å². The molecule has 69 heavy (non-hydrogen) atoms. The minimum absolute atomic E-state index is 0.0270. The van der Waals surface area contributed by atoms with Gasteiger partial charge in [0.15, 0.2) is 5.78 Å². The number of sulfonamides is 2. The number of anilines is 2. The lowest BCUT2D eigenvalue weighted by Gasteiger charge is -2.25. The summed E-state index contributed by atoms with van der Waals surface area (Å²) >= 11 is 0. The van der Waals surface area contributed by atoms with E-state index in [1.165, 1.54) is 20.7 Å². The molecule has 1 N–H and O–H groups in total. The Balaban J connectivity index is 0.000000227. The van der Waals surface area contributed by atoms with Gasteiger partial charge in [0.25, 0.3) is 11.8 Å². The van der Waals surface area contributed by atoms with Crippen molar-refractivity contribution in [2.75, 3.05) is 65.9 Å². The minimum Gasteiger partial charge on any atom is -0.415 e. The van der Waals surface area contributed by atoms with Gasteiger partial charge in [0, 0.05) is 37.3 Å². The molecule has 14 nitrogen and oxygen atoms in total. The number of alkyl halides is 6. The van der Waals surface area contributed by atoms with Crippen molar-refractivity contribution in [1.29, 1.82) is 0 Å². The first-order valence-electron chi connectivity index (χ1n) is 22.2. The second kappa shape index (κ2) is 24.6. The van der Waals surface area contributed by atoms with Crippen molar-refractivity contribution in [1.82, 2.24) is 25.3 Å². The molecular weight excluding hydrogens is 953 g/mol. The Morgan fingerprint density at radius 2 is 1.13 bits per heavy atom. The number of para-hydroxylation sites is 2. The van der Waals surface area contributed by atoms with E-state index >= 15 is 0 Å². The lowest BCUT2D eigenvalue weighted by Crippen LogP contribution is -2.34. The molecule has 2 aliphatic rings. The maximum atomic E-state index is 13.4. The summed E-state index contributed by atoms with van der Waals surface area (Å²) in [7, 11) is -7.36. The Hall–Kier alpha value is -5.84. The smallest absolute Gasteiger partial charge is 0.315 e. The van der Waals surface area contributed by atoms with Crippen molar-refractivity contribution < 1.29 is 57.2 Å². The first kappa shape index (κ1) is 52.5. The number of carbonyl (C=O) groups is 2. The molecule has 0 bridgehead atoms. The average molecular weight is 1010 g/mol. The number of benzene rings is 4. The van der Waals surface area contributed by atoms with Crippen molar-refractivity contribution in [2.45, 2.75) is 64.0 Å². The fraction of sp³-hybridized carbons (Fsp3) is 0.404. The second-order valence-electron chi connectivity index (χ2n) is 16.5. The molecule has 0 radical (unpaired) electrons. The standard InChI is InChI=1S/C24H28F3N3O4S.C23H25F3N4O3S/c25-20-11-13-29(17-20)12-4-14-35(33,34)30(21-5-2-1-3-6-21)16-18-7-9-19(10-8-18)22(31)15-28-24(32)23(26)27;24-19-11-13-29(16-19)12-4-14-34(31,32)30(20-5-2-1-3-6-20)15-17-7-9-18(10-8-17)22-27-28-23(33-22)21(25)26/h1-3,5-10,20,23H,4,11-17H2,(H,28,32);1-3,5-10,19,21H,4,11-16H2/t20-;19-/m00/s1. The lowest BCUT2D eigenvalue weighted by atomic mass is 10.1. The van der Waals surface area contributed by atoms with Crippen LogP contribution < -0.4 is 13.9 Å². The van der Waals surface area contributed by atoms with E-state index in [1.807, 2.05) is 21.2 Å². The SMILES string of the molecule is O=C(CNC(=O)C(F)F)c1ccc(CN(c2ccccc2)S(=O)(=O)CCCN2CC[C@H](F)C2)cc1.O=S(=O)(CCCN1CC[C@H](F)C1)N(Cc1ccc(-c2nnc(C(F)F)o2)cc1)c1ccccc1. The third-order valence-electron chi connectivity index (χ3n) is 11.3. The topological polar surface area (TPSA) is 166 Å². The Labute approximate surface area is 397 Å². The summed E-state index contributed by atoms with van der Waals surface area (Å²) in [5, 5.41) is 8.80. The van der Waals surface area contributed by atoms with E-state index in [2.05, 4.69) is 10.2 Å². The summed E-state index contributed by atoms with van der Waals surface area (Å²) in [6.07, 6.45) is -6.01. The zero-order valence-corrected chi connectivity index (χ0v) is 39.1. The van der Waals surface area contributed by atoms with Gasteiger partial charge in [0.05, 0.1) is 42.5 Å². The van der Waals surface area contributed by atoms with Crippen molar-refractivity contribution in [3.05, 3.63) is 132 Å². The highest BCUT2D eigenvalue weighted by atomic mass is 32.2. The zero-order valence-electron chi connectivity index (χ0n) is 37.4. The number of hydrogen-bond acceptors (Lipinski definition) is 11. The predicted molar refractivity (Wildman–Crippen MR) is 248 cm³/mol. The van der Waals surface area contributed by atoms with Crippen LogP contribution in [0.15, 0.2) is 114 Å². The van der Waals surface area contributed by atoms with E-state index in [0.717, 1.165) is 0 Å². The number of aromatic nitrogens is 2. The molecule has 1 amide bonds. The van der Waals surface area contributed by atoms with Gasteiger partial charge in [-0.05, 0) is 86.3 Å².